The van der Waals surface area contributed by atoms with Crippen molar-refractivity contribution in [1.29, 1.82) is 0 Å². The van der Waals surface area contributed by atoms with Gasteiger partial charge in [-0.25, -0.2) is 0 Å². The van der Waals surface area contributed by atoms with Gasteiger partial charge in [0.05, 0.1) is 5.57 Å². The van der Waals surface area contributed by atoms with Crippen LogP contribution in [0.5, 0.6) is 0 Å². The monoisotopic (exact) mass is 218 g/mol. The zero-order chi connectivity index (χ0) is 10.8. The first kappa shape index (κ1) is 9.86. The first-order chi connectivity index (χ1) is 7.20. The molecule has 0 bridgehead atoms. The average molecular weight is 218 g/mol. The summed E-state index contributed by atoms with van der Waals surface area (Å²) in [4.78, 5) is 33.9. The molecule has 0 atom stereocenters. The number of carbonyl (C=O) groups is 3. The van der Waals surface area contributed by atoms with Crippen LogP contribution >= 0.6 is 11.8 Å². The Kier molecular flexibility index (Phi) is 2.51. The molecular formula is C11H6O3S. The number of hydrogen-bond donors (Lipinski definition) is 0. The summed E-state index contributed by atoms with van der Waals surface area (Å²) in [5.74, 6) is -1.09. The SMILES string of the molecule is O=C1SC=C(C(=O)c2ccccc2)C1=O. The summed E-state index contributed by atoms with van der Waals surface area (Å²) in [5, 5.41) is 0.731. The fraction of sp³-hybridized carbons (Fsp3) is 0. The molecule has 1 heterocycles. The average Bonchev–Trinajstić information content (AvgIpc) is 2.60. The Bertz CT molecular complexity index is 474. The third-order valence-electron chi connectivity index (χ3n) is 1.99. The Balaban J connectivity index is 2.31. The summed E-state index contributed by atoms with van der Waals surface area (Å²) in [5.41, 5.74) is 0.392. The Morgan fingerprint density at radius 2 is 1.73 bits per heavy atom. The minimum atomic E-state index is -0.700. The van der Waals surface area contributed by atoms with Crippen LogP contribution in [0.25, 0.3) is 0 Å². The van der Waals surface area contributed by atoms with E-state index >= 15 is 0 Å². The molecule has 0 N–H and O–H groups in total. The molecule has 0 amide bonds. The fourth-order valence-electron chi connectivity index (χ4n) is 1.23. The van der Waals surface area contributed by atoms with Crippen molar-refractivity contribution < 1.29 is 14.4 Å². The quantitative estimate of drug-likeness (QED) is 0.430. The van der Waals surface area contributed by atoms with Gasteiger partial charge in [0.25, 0.3) is 5.12 Å². The first-order valence-electron chi connectivity index (χ1n) is 4.25. The van der Waals surface area contributed by atoms with E-state index in [0.717, 1.165) is 11.8 Å². The molecule has 74 valence electrons. The van der Waals surface area contributed by atoms with Crippen molar-refractivity contribution in [2.45, 2.75) is 0 Å². The number of benzene rings is 1. The highest BCUT2D eigenvalue weighted by molar-refractivity contribution is 8.18. The number of ketones is 2. The van der Waals surface area contributed by atoms with Gasteiger partial charge in [-0.3, -0.25) is 14.4 Å². The topological polar surface area (TPSA) is 51.2 Å². The summed E-state index contributed by atoms with van der Waals surface area (Å²) in [6.45, 7) is 0. The second kappa shape index (κ2) is 3.82. The van der Waals surface area contributed by atoms with E-state index in [2.05, 4.69) is 0 Å². The first-order valence-corrected chi connectivity index (χ1v) is 5.13. The molecule has 1 aromatic carbocycles. The fourth-order valence-corrected chi connectivity index (χ4v) is 1.89. The maximum atomic E-state index is 11.7. The molecule has 0 fully saturated rings. The van der Waals surface area contributed by atoms with Crippen LogP contribution in [0.4, 0.5) is 0 Å². The highest BCUT2D eigenvalue weighted by Gasteiger charge is 2.30. The van der Waals surface area contributed by atoms with Crippen LogP contribution in [-0.2, 0) is 9.59 Å². The van der Waals surface area contributed by atoms with Gasteiger partial charge in [0, 0.05) is 5.56 Å². The van der Waals surface area contributed by atoms with Crippen LogP contribution in [0.15, 0.2) is 41.3 Å². The highest BCUT2D eigenvalue weighted by Crippen LogP contribution is 2.23. The second-order valence-electron chi connectivity index (χ2n) is 2.96. The summed E-state index contributed by atoms with van der Waals surface area (Å²) in [7, 11) is 0. The largest absolute Gasteiger partial charge is 0.288 e. The van der Waals surface area contributed by atoms with Crippen molar-refractivity contribution >= 4 is 28.4 Å². The molecule has 0 aromatic heterocycles. The summed E-state index contributed by atoms with van der Waals surface area (Å²) in [6.07, 6.45) is 0. The Hall–Kier alpha value is -1.68. The van der Waals surface area contributed by atoms with Crippen molar-refractivity contribution in [2.24, 2.45) is 0 Å². The molecule has 15 heavy (non-hydrogen) atoms. The molecule has 2 rings (SSSR count). The predicted octanol–water partition coefficient (Wildman–Crippen LogP) is 1.60. The van der Waals surface area contributed by atoms with E-state index in [0.29, 0.717) is 5.56 Å². The number of Topliss-reactive ketones (excluding diaryl/α,β-unsaturated/α-hetero) is 2. The van der Waals surface area contributed by atoms with Gasteiger partial charge in [-0.15, -0.1) is 0 Å². The van der Waals surface area contributed by atoms with Crippen LogP contribution in [0.1, 0.15) is 10.4 Å². The Labute approximate surface area is 90.2 Å². The van der Waals surface area contributed by atoms with E-state index in [9.17, 15) is 14.4 Å². The van der Waals surface area contributed by atoms with E-state index in [-0.39, 0.29) is 11.4 Å². The Morgan fingerprint density at radius 1 is 1.07 bits per heavy atom. The molecule has 1 aliphatic rings. The van der Waals surface area contributed by atoms with Gasteiger partial charge in [0.1, 0.15) is 0 Å². The lowest BCUT2D eigenvalue weighted by Gasteiger charge is -1.98. The van der Waals surface area contributed by atoms with Gasteiger partial charge in [0.15, 0.2) is 5.78 Å². The lowest BCUT2D eigenvalue weighted by Crippen LogP contribution is -2.14. The van der Waals surface area contributed by atoms with Crippen molar-refractivity contribution in [3.05, 3.63) is 46.9 Å². The van der Waals surface area contributed by atoms with Gasteiger partial charge in [0.2, 0.25) is 5.78 Å². The molecule has 1 aromatic rings. The van der Waals surface area contributed by atoms with Gasteiger partial charge in [-0.05, 0) is 5.41 Å². The highest BCUT2D eigenvalue weighted by atomic mass is 32.2. The van der Waals surface area contributed by atoms with Gasteiger partial charge in [-0.2, -0.15) is 0 Å². The van der Waals surface area contributed by atoms with Crippen LogP contribution in [0.3, 0.4) is 0 Å². The lowest BCUT2D eigenvalue weighted by atomic mass is 10.0. The van der Waals surface area contributed by atoms with Crippen LogP contribution in [0.2, 0.25) is 0 Å². The number of carbonyl (C=O) groups excluding carboxylic acids is 3. The van der Waals surface area contributed by atoms with E-state index in [4.69, 9.17) is 0 Å². The Morgan fingerprint density at radius 3 is 2.27 bits per heavy atom. The zero-order valence-corrected chi connectivity index (χ0v) is 8.41. The minimum Gasteiger partial charge on any atom is -0.288 e. The van der Waals surface area contributed by atoms with Crippen LogP contribution in [0, 0.1) is 0 Å². The molecule has 0 aliphatic carbocycles. The molecule has 0 unspecified atom stereocenters. The summed E-state index contributed by atoms with van der Waals surface area (Å²) < 4.78 is 0. The van der Waals surface area contributed by atoms with E-state index in [1.165, 1.54) is 5.41 Å². The lowest BCUT2D eigenvalue weighted by molar-refractivity contribution is -0.128. The predicted molar refractivity (Wildman–Crippen MR) is 56.5 cm³/mol. The summed E-state index contributed by atoms with van der Waals surface area (Å²) >= 11 is 0.765. The van der Waals surface area contributed by atoms with Gasteiger partial charge >= 0.3 is 0 Å². The number of hydrogen-bond acceptors (Lipinski definition) is 4. The number of allylic oxidation sites excluding steroid dienone is 1. The molecule has 0 radical (unpaired) electrons. The maximum Gasteiger partial charge on any atom is 0.264 e. The molecule has 0 spiro atoms. The molecule has 4 heteroatoms. The maximum absolute atomic E-state index is 11.7. The third-order valence-corrected chi connectivity index (χ3v) is 2.75. The van der Waals surface area contributed by atoms with Crippen molar-refractivity contribution in [3.63, 3.8) is 0 Å². The van der Waals surface area contributed by atoms with E-state index in [1.807, 2.05) is 0 Å². The van der Waals surface area contributed by atoms with Crippen LogP contribution in [-0.4, -0.2) is 16.7 Å². The minimum absolute atomic E-state index is 0.0313. The van der Waals surface area contributed by atoms with Gasteiger partial charge in [-0.1, -0.05) is 42.1 Å². The van der Waals surface area contributed by atoms with Crippen molar-refractivity contribution in [3.8, 4) is 0 Å². The van der Waals surface area contributed by atoms with E-state index < -0.39 is 10.9 Å². The second-order valence-corrected chi connectivity index (χ2v) is 3.80. The summed E-state index contributed by atoms with van der Waals surface area (Å²) in [6, 6.07) is 8.43. The molecule has 0 saturated carbocycles. The zero-order valence-electron chi connectivity index (χ0n) is 7.60. The number of rotatable bonds is 2. The normalized spacial score (nSPS) is 15.3. The van der Waals surface area contributed by atoms with Crippen molar-refractivity contribution in [2.75, 3.05) is 0 Å². The molecule has 3 nitrogen and oxygen atoms in total. The number of thioether (sulfide) groups is 1. The van der Waals surface area contributed by atoms with Crippen LogP contribution < -0.4 is 0 Å². The molecular weight excluding hydrogens is 212 g/mol. The molecule has 1 aliphatic heterocycles. The smallest absolute Gasteiger partial charge is 0.264 e. The third kappa shape index (κ3) is 1.76. The standard InChI is InChI=1S/C11H6O3S/c12-9(7-4-2-1-3-5-7)8-6-15-11(14)10(8)13/h1-6H. The van der Waals surface area contributed by atoms with Crippen molar-refractivity contribution in [1.82, 2.24) is 0 Å². The molecule has 0 saturated heterocycles. The van der Waals surface area contributed by atoms with E-state index in [1.54, 1.807) is 30.3 Å². The van der Waals surface area contributed by atoms with Gasteiger partial charge < -0.3 is 0 Å².